The molecule has 0 aromatic carbocycles. The van der Waals surface area contributed by atoms with E-state index in [0.29, 0.717) is 0 Å². The highest BCUT2D eigenvalue weighted by Gasteiger charge is 2.25. The summed E-state index contributed by atoms with van der Waals surface area (Å²) >= 11 is 0. The van der Waals surface area contributed by atoms with Crippen LogP contribution in [0, 0.1) is 6.92 Å². The first-order valence-electron chi connectivity index (χ1n) is 5.77. The highest BCUT2D eigenvalue weighted by molar-refractivity contribution is 5.93. The fourth-order valence-electron chi connectivity index (χ4n) is 2.07. The predicted molar refractivity (Wildman–Crippen MR) is 65.2 cm³/mol. The van der Waals surface area contributed by atoms with Gasteiger partial charge in [-0.1, -0.05) is 0 Å². The summed E-state index contributed by atoms with van der Waals surface area (Å²) in [6.45, 7) is 3.51. The summed E-state index contributed by atoms with van der Waals surface area (Å²) in [7, 11) is 1.75. The van der Waals surface area contributed by atoms with E-state index in [1.165, 1.54) is 0 Å². The molecule has 5 nitrogen and oxygen atoms in total. The SMILES string of the molecule is Cc1ccc(C(=O)N(C)C2CCNC2)c(=O)[nH]1. The molecule has 17 heavy (non-hydrogen) atoms. The highest BCUT2D eigenvalue weighted by Crippen LogP contribution is 2.09. The van der Waals surface area contributed by atoms with Gasteiger partial charge in [-0.25, -0.2) is 0 Å². The number of H-pyrrole nitrogens is 1. The smallest absolute Gasteiger partial charge is 0.260 e. The van der Waals surface area contributed by atoms with Gasteiger partial charge in [0.05, 0.1) is 0 Å². The third-order valence-electron chi connectivity index (χ3n) is 3.19. The number of rotatable bonds is 2. The van der Waals surface area contributed by atoms with Crippen molar-refractivity contribution >= 4 is 5.91 Å². The molecule has 92 valence electrons. The number of likely N-dealkylation sites (N-methyl/N-ethyl adjacent to an activating group) is 1. The van der Waals surface area contributed by atoms with Crippen LogP contribution in [-0.4, -0.2) is 42.0 Å². The molecule has 0 bridgehead atoms. The van der Waals surface area contributed by atoms with Crippen molar-refractivity contribution in [3.8, 4) is 0 Å². The second-order valence-corrected chi connectivity index (χ2v) is 4.45. The molecule has 2 N–H and O–H groups in total. The Hall–Kier alpha value is -1.62. The zero-order valence-electron chi connectivity index (χ0n) is 10.1. The molecule has 1 unspecified atom stereocenters. The van der Waals surface area contributed by atoms with Gasteiger partial charge in [0.2, 0.25) is 0 Å². The summed E-state index contributed by atoms with van der Waals surface area (Å²) < 4.78 is 0. The van der Waals surface area contributed by atoms with Gasteiger partial charge in [0.15, 0.2) is 0 Å². The van der Waals surface area contributed by atoms with Crippen LogP contribution in [0.2, 0.25) is 0 Å². The first-order valence-corrected chi connectivity index (χ1v) is 5.77. The molecule has 1 aliphatic heterocycles. The average Bonchev–Trinajstić information content (AvgIpc) is 2.80. The Morgan fingerprint density at radius 2 is 2.24 bits per heavy atom. The number of nitrogens with zero attached hydrogens (tertiary/aromatic N) is 1. The number of hydrogen-bond donors (Lipinski definition) is 2. The molecule has 1 aliphatic rings. The number of pyridine rings is 1. The quantitative estimate of drug-likeness (QED) is 0.765. The summed E-state index contributed by atoms with van der Waals surface area (Å²) in [5, 5.41) is 3.20. The summed E-state index contributed by atoms with van der Waals surface area (Å²) in [6.07, 6.45) is 0.937. The Morgan fingerprint density at radius 3 is 2.82 bits per heavy atom. The average molecular weight is 235 g/mol. The Morgan fingerprint density at radius 1 is 1.47 bits per heavy atom. The predicted octanol–water partition coefficient (Wildman–Crippen LogP) is 0.117. The number of hydrogen-bond acceptors (Lipinski definition) is 3. The molecule has 1 aromatic heterocycles. The van der Waals surface area contributed by atoms with Crippen molar-refractivity contribution in [1.82, 2.24) is 15.2 Å². The van der Waals surface area contributed by atoms with E-state index in [9.17, 15) is 9.59 Å². The number of nitrogens with one attached hydrogen (secondary N) is 2. The lowest BCUT2D eigenvalue weighted by Crippen LogP contribution is -2.40. The largest absolute Gasteiger partial charge is 0.337 e. The molecular formula is C12H17N3O2. The molecule has 0 radical (unpaired) electrons. The van der Waals surface area contributed by atoms with Crippen molar-refractivity contribution in [1.29, 1.82) is 0 Å². The molecule has 0 spiro atoms. The number of carbonyl (C=O) groups excluding carboxylic acids is 1. The fourth-order valence-corrected chi connectivity index (χ4v) is 2.07. The Kier molecular flexibility index (Phi) is 3.28. The zero-order valence-corrected chi connectivity index (χ0v) is 10.1. The number of carbonyl (C=O) groups is 1. The van der Waals surface area contributed by atoms with Crippen molar-refractivity contribution in [2.24, 2.45) is 0 Å². The summed E-state index contributed by atoms with van der Waals surface area (Å²) in [4.78, 5) is 28.1. The standard InChI is InChI=1S/C12H17N3O2/c1-8-3-4-10(11(16)14-8)12(17)15(2)9-5-6-13-7-9/h3-4,9,13H,5-7H2,1-2H3,(H,14,16). The van der Waals surface area contributed by atoms with Crippen LogP contribution in [0.5, 0.6) is 0 Å². The van der Waals surface area contributed by atoms with Crippen LogP contribution in [0.25, 0.3) is 0 Å². The maximum absolute atomic E-state index is 12.1. The van der Waals surface area contributed by atoms with Crippen molar-refractivity contribution in [3.05, 3.63) is 33.7 Å². The Labute approximate surface area is 99.8 Å². The maximum atomic E-state index is 12.1. The van der Waals surface area contributed by atoms with Crippen molar-refractivity contribution in [2.45, 2.75) is 19.4 Å². The zero-order chi connectivity index (χ0) is 12.4. The molecule has 1 saturated heterocycles. The molecule has 1 atom stereocenters. The van der Waals surface area contributed by atoms with Gasteiger partial charge < -0.3 is 15.2 Å². The van der Waals surface area contributed by atoms with Crippen LogP contribution in [0.1, 0.15) is 22.5 Å². The van der Waals surface area contributed by atoms with E-state index in [4.69, 9.17) is 0 Å². The summed E-state index contributed by atoms with van der Waals surface area (Å²) in [5.74, 6) is -0.208. The lowest BCUT2D eigenvalue weighted by molar-refractivity contribution is 0.0742. The fraction of sp³-hybridized carbons (Fsp3) is 0.500. The van der Waals surface area contributed by atoms with Gasteiger partial charge in [-0.15, -0.1) is 0 Å². The first-order chi connectivity index (χ1) is 8.09. The topological polar surface area (TPSA) is 65.2 Å². The van der Waals surface area contributed by atoms with Gasteiger partial charge in [0.25, 0.3) is 11.5 Å². The van der Waals surface area contributed by atoms with Crippen LogP contribution >= 0.6 is 0 Å². The van der Waals surface area contributed by atoms with Crippen LogP contribution in [0.4, 0.5) is 0 Å². The van der Waals surface area contributed by atoms with E-state index in [-0.39, 0.29) is 23.1 Å². The van der Waals surface area contributed by atoms with E-state index < -0.39 is 0 Å². The minimum Gasteiger partial charge on any atom is -0.337 e. The lowest BCUT2D eigenvalue weighted by Gasteiger charge is -2.23. The van der Waals surface area contributed by atoms with Crippen LogP contribution in [0.15, 0.2) is 16.9 Å². The van der Waals surface area contributed by atoms with E-state index in [1.807, 2.05) is 0 Å². The molecular weight excluding hydrogens is 218 g/mol. The van der Waals surface area contributed by atoms with Crippen LogP contribution < -0.4 is 10.9 Å². The molecule has 1 fully saturated rings. The van der Waals surface area contributed by atoms with E-state index in [0.717, 1.165) is 25.2 Å². The molecule has 0 saturated carbocycles. The summed E-state index contributed by atoms with van der Waals surface area (Å²) in [5.41, 5.74) is 0.662. The van der Waals surface area contributed by atoms with Crippen LogP contribution in [-0.2, 0) is 0 Å². The van der Waals surface area contributed by atoms with E-state index >= 15 is 0 Å². The Balaban J connectivity index is 2.21. The number of aryl methyl sites for hydroxylation is 1. The minimum absolute atomic E-state index is 0.184. The number of amides is 1. The second-order valence-electron chi connectivity index (χ2n) is 4.45. The molecule has 5 heteroatoms. The monoisotopic (exact) mass is 235 g/mol. The van der Waals surface area contributed by atoms with Gasteiger partial charge in [-0.3, -0.25) is 9.59 Å². The molecule has 1 amide bonds. The highest BCUT2D eigenvalue weighted by atomic mass is 16.2. The molecule has 0 aliphatic carbocycles. The molecule has 2 rings (SSSR count). The summed E-state index contributed by atoms with van der Waals surface area (Å²) in [6, 6.07) is 3.52. The lowest BCUT2D eigenvalue weighted by atomic mass is 10.2. The van der Waals surface area contributed by atoms with Gasteiger partial charge in [-0.2, -0.15) is 0 Å². The Bertz CT molecular complexity index is 475. The van der Waals surface area contributed by atoms with E-state index in [2.05, 4.69) is 10.3 Å². The van der Waals surface area contributed by atoms with Gasteiger partial charge in [0, 0.05) is 25.3 Å². The third kappa shape index (κ3) is 2.39. The van der Waals surface area contributed by atoms with Crippen molar-refractivity contribution in [3.63, 3.8) is 0 Å². The molecule has 1 aromatic rings. The number of aromatic nitrogens is 1. The maximum Gasteiger partial charge on any atom is 0.260 e. The first kappa shape index (κ1) is 11.9. The van der Waals surface area contributed by atoms with Gasteiger partial charge >= 0.3 is 0 Å². The second kappa shape index (κ2) is 4.71. The van der Waals surface area contributed by atoms with Crippen molar-refractivity contribution < 1.29 is 4.79 Å². The normalized spacial score (nSPS) is 19.3. The number of aromatic amines is 1. The van der Waals surface area contributed by atoms with Gasteiger partial charge in [-0.05, 0) is 32.0 Å². The third-order valence-corrected chi connectivity index (χ3v) is 3.19. The van der Waals surface area contributed by atoms with Crippen LogP contribution in [0.3, 0.4) is 0 Å². The van der Waals surface area contributed by atoms with E-state index in [1.54, 1.807) is 31.0 Å². The minimum atomic E-state index is -0.312. The van der Waals surface area contributed by atoms with Crippen molar-refractivity contribution in [2.75, 3.05) is 20.1 Å². The molecule has 2 heterocycles. The van der Waals surface area contributed by atoms with Gasteiger partial charge in [0.1, 0.15) is 5.56 Å².